The molecule has 19 heavy (non-hydrogen) atoms. The summed E-state index contributed by atoms with van der Waals surface area (Å²) >= 11 is 0. The Bertz CT molecular complexity index is 307. The van der Waals surface area contributed by atoms with Crippen LogP contribution in [0.25, 0.3) is 0 Å². The molecule has 4 fully saturated rings. The molecular formula is C15H27N3O. The van der Waals surface area contributed by atoms with E-state index in [0.29, 0.717) is 6.54 Å². The second-order valence-corrected chi connectivity index (χ2v) is 7.07. The van der Waals surface area contributed by atoms with E-state index >= 15 is 0 Å². The maximum Gasteiger partial charge on any atom is 0.315 e. The maximum absolute atomic E-state index is 12.0. The summed E-state index contributed by atoms with van der Waals surface area (Å²) in [5.74, 6) is 2.64. The Balaban J connectivity index is 1.50. The lowest BCUT2D eigenvalue weighted by Gasteiger charge is -2.56. The number of carbonyl (C=O) groups is 1. The van der Waals surface area contributed by atoms with E-state index in [1.165, 1.54) is 38.5 Å². The first-order valence-corrected chi connectivity index (χ1v) is 7.95. The number of hydrogen-bond acceptors (Lipinski definition) is 2. The Morgan fingerprint density at radius 3 is 2.16 bits per heavy atom. The lowest BCUT2D eigenvalue weighted by molar-refractivity contribution is -0.0135. The first kappa shape index (κ1) is 13.2. The molecule has 0 heterocycles. The zero-order valence-electron chi connectivity index (χ0n) is 11.8. The maximum atomic E-state index is 12.0. The molecule has 4 N–H and O–H groups in total. The zero-order chi connectivity index (χ0) is 13.3. The summed E-state index contributed by atoms with van der Waals surface area (Å²) in [5, 5.41) is 6.31. The van der Waals surface area contributed by atoms with Crippen molar-refractivity contribution in [2.24, 2.45) is 23.5 Å². The summed E-state index contributed by atoms with van der Waals surface area (Å²) in [6.45, 7) is 1.45. The minimum Gasteiger partial charge on any atom is -0.338 e. The van der Waals surface area contributed by atoms with E-state index < -0.39 is 0 Å². The molecule has 4 aliphatic rings. The predicted molar refractivity (Wildman–Crippen MR) is 75.7 cm³/mol. The fraction of sp³-hybridized carbons (Fsp3) is 0.933. The molecule has 2 amide bonds. The van der Waals surface area contributed by atoms with Crippen LogP contribution >= 0.6 is 0 Å². The number of nitrogens with one attached hydrogen (secondary N) is 2. The van der Waals surface area contributed by atoms with E-state index in [9.17, 15) is 4.79 Å². The van der Waals surface area contributed by atoms with E-state index in [0.717, 1.165) is 37.1 Å². The summed E-state index contributed by atoms with van der Waals surface area (Å²) in [6.07, 6.45) is 9.86. The number of hydrogen-bond donors (Lipinski definition) is 3. The topological polar surface area (TPSA) is 67.1 Å². The summed E-state index contributed by atoms with van der Waals surface area (Å²) in [5.41, 5.74) is 5.58. The van der Waals surface area contributed by atoms with Crippen molar-refractivity contribution in [1.82, 2.24) is 10.6 Å². The van der Waals surface area contributed by atoms with Crippen LogP contribution in [-0.2, 0) is 0 Å². The molecule has 0 radical (unpaired) electrons. The van der Waals surface area contributed by atoms with Gasteiger partial charge in [0.2, 0.25) is 0 Å². The summed E-state index contributed by atoms with van der Waals surface area (Å²) < 4.78 is 0. The lowest BCUT2D eigenvalue weighted by Crippen LogP contribution is -2.61. The van der Waals surface area contributed by atoms with Crippen molar-refractivity contribution in [3.63, 3.8) is 0 Å². The third kappa shape index (κ3) is 2.88. The molecule has 0 aliphatic heterocycles. The molecule has 4 aliphatic carbocycles. The molecule has 4 bridgehead atoms. The van der Waals surface area contributed by atoms with Crippen molar-refractivity contribution >= 4 is 6.03 Å². The van der Waals surface area contributed by atoms with Crippen LogP contribution in [0.15, 0.2) is 0 Å². The van der Waals surface area contributed by atoms with E-state index in [1.54, 1.807) is 0 Å². The second-order valence-electron chi connectivity index (χ2n) is 7.07. The number of nitrogens with two attached hydrogens (primary N) is 1. The van der Waals surface area contributed by atoms with E-state index in [-0.39, 0.29) is 11.6 Å². The van der Waals surface area contributed by atoms with Gasteiger partial charge in [-0.3, -0.25) is 0 Å². The van der Waals surface area contributed by atoms with Crippen LogP contribution in [0.5, 0.6) is 0 Å². The van der Waals surface area contributed by atoms with Gasteiger partial charge in [-0.15, -0.1) is 0 Å². The quantitative estimate of drug-likeness (QED) is 0.666. The average Bonchev–Trinajstić information content (AvgIpc) is 2.32. The van der Waals surface area contributed by atoms with Gasteiger partial charge in [0.25, 0.3) is 0 Å². The van der Waals surface area contributed by atoms with Crippen LogP contribution in [0.2, 0.25) is 0 Å². The van der Waals surface area contributed by atoms with Gasteiger partial charge in [0.05, 0.1) is 0 Å². The van der Waals surface area contributed by atoms with E-state index in [1.807, 2.05) is 0 Å². The Morgan fingerprint density at radius 2 is 1.63 bits per heavy atom. The van der Waals surface area contributed by atoms with Crippen molar-refractivity contribution in [3.8, 4) is 0 Å². The van der Waals surface area contributed by atoms with Crippen molar-refractivity contribution in [3.05, 3.63) is 0 Å². The van der Waals surface area contributed by atoms with Crippen LogP contribution in [0, 0.1) is 17.8 Å². The molecule has 0 aromatic rings. The Kier molecular flexibility index (Phi) is 3.70. The third-order valence-electron chi connectivity index (χ3n) is 5.33. The highest BCUT2D eigenvalue weighted by Crippen LogP contribution is 2.55. The summed E-state index contributed by atoms with van der Waals surface area (Å²) in [6, 6.07) is 0.0407. The number of amides is 2. The number of carbonyl (C=O) groups excluding carboxylic acids is 1. The Hall–Kier alpha value is -0.770. The van der Waals surface area contributed by atoms with Crippen LogP contribution in [-0.4, -0.2) is 24.7 Å². The largest absolute Gasteiger partial charge is 0.338 e. The lowest BCUT2D eigenvalue weighted by atomic mass is 9.53. The molecule has 0 unspecified atom stereocenters. The highest BCUT2D eigenvalue weighted by molar-refractivity contribution is 5.74. The minimum atomic E-state index is 0.0407. The second kappa shape index (κ2) is 5.31. The van der Waals surface area contributed by atoms with Crippen molar-refractivity contribution < 1.29 is 4.79 Å². The number of urea groups is 1. The van der Waals surface area contributed by atoms with Gasteiger partial charge in [0, 0.05) is 12.1 Å². The first-order valence-electron chi connectivity index (χ1n) is 7.95. The average molecular weight is 265 g/mol. The Labute approximate surface area is 115 Å². The molecule has 108 valence electrons. The molecular weight excluding hydrogens is 238 g/mol. The highest BCUT2D eigenvalue weighted by Gasteiger charge is 2.51. The fourth-order valence-electron chi connectivity index (χ4n) is 5.02. The summed E-state index contributed by atoms with van der Waals surface area (Å²) in [4.78, 5) is 12.0. The molecule has 4 heteroatoms. The molecule has 0 aromatic heterocycles. The van der Waals surface area contributed by atoms with Crippen LogP contribution in [0.3, 0.4) is 0 Å². The van der Waals surface area contributed by atoms with Gasteiger partial charge < -0.3 is 16.4 Å². The van der Waals surface area contributed by atoms with Crippen molar-refractivity contribution in [2.45, 2.75) is 56.9 Å². The molecule has 4 nitrogen and oxygen atoms in total. The molecule has 0 saturated heterocycles. The molecule has 4 saturated carbocycles. The SMILES string of the molecule is NCCCCNC(=O)NC12CC3CC(CC(C3)C1)C2. The third-order valence-corrected chi connectivity index (χ3v) is 5.33. The van der Waals surface area contributed by atoms with Crippen LogP contribution in [0.4, 0.5) is 4.79 Å². The number of rotatable bonds is 5. The smallest absolute Gasteiger partial charge is 0.315 e. The van der Waals surface area contributed by atoms with Crippen LogP contribution < -0.4 is 16.4 Å². The molecule has 0 spiro atoms. The fourth-order valence-corrected chi connectivity index (χ4v) is 5.02. The summed E-state index contributed by atoms with van der Waals surface area (Å²) in [7, 11) is 0. The van der Waals surface area contributed by atoms with E-state index in [2.05, 4.69) is 10.6 Å². The van der Waals surface area contributed by atoms with Gasteiger partial charge in [0.1, 0.15) is 0 Å². The van der Waals surface area contributed by atoms with E-state index in [4.69, 9.17) is 5.73 Å². The van der Waals surface area contributed by atoms with Crippen molar-refractivity contribution in [1.29, 1.82) is 0 Å². The van der Waals surface area contributed by atoms with Gasteiger partial charge in [-0.2, -0.15) is 0 Å². The molecule has 0 aromatic carbocycles. The van der Waals surface area contributed by atoms with Gasteiger partial charge in [0.15, 0.2) is 0 Å². The normalized spacial score (nSPS) is 39.3. The zero-order valence-corrected chi connectivity index (χ0v) is 11.8. The first-order chi connectivity index (χ1) is 9.19. The van der Waals surface area contributed by atoms with Gasteiger partial charge in [-0.05, 0) is 75.7 Å². The standard InChI is InChI=1S/C15H27N3O/c16-3-1-2-4-17-14(19)18-15-8-11-5-12(9-15)7-13(6-11)10-15/h11-13H,1-10,16H2,(H2,17,18,19). The van der Waals surface area contributed by atoms with Gasteiger partial charge in [-0.25, -0.2) is 4.79 Å². The van der Waals surface area contributed by atoms with Crippen molar-refractivity contribution in [2.75, 3.05) is 13.1 Å². The molecule has 4 rings (SSSR count). The van der Waals surface area contributed by atoms with Gasteiger partial charge in [-0.1, -0.05) is 0 Å². The Morgan fingerprint density at radius 1 is 1.05 bits per heavy atom. The van der Waals surface area contributed by atoms with Gasteiger partial charge >= 0.3 is 6.03 Å². The minimum absolute atomic E-state index is 0.0407. The number of unbranched alkanes of at least 4 members (excludes halogenated alkanes) is 1. The monoisotopic (exact) mass is 265 g/mol. The van der Waals surface area contributed by atoms with Crippen LogP contribution in [0.1, 0.15) is 51.4 Å². The molecule has 0 atom stereocenters. The highest BCUT2D eigenvalue weighted by atomic mass is 16.2. The predicted octanol–water partition coefficient (Wildman–Crippen LogP) is 1.99.